The van der Waals surface area contributed by atoms with E-state index >= 15 is 0 Å². The lowest BCUT2D eigenvalue weighted by Gasteiger charge is -2.50. The van der Waals surface area contributed by atoms with Gasteiger partial charge in [-0.15, -0.1) is 0 Å². The molecule has 0 bridgehead atoms. The average molecular weight is 495 g/mol. The van der Waals surface area contributed by atoms with Gasteiger partial charge in [-0.25, -0.2) is 4.39 Å². The molecule has 2 heterocycles. The highest BCUT2D eigenvalue weighted by atomic mass is 19.4. The van der Waals surface area contributed by atoms with Crippen molar-refractivity contribution in [3.05, 3.63) is 65.5 Å². The number of halogens is 4. The highest BCUT2D eigenvalue weighted by molar-refractivity contribution is 5.94. The van der Waals surface area contributed by atoms with Crippen molar-refractivity contribution in [1.82, 2.24) is 9.80 Å². The van der Waals surface area contributed by atoms with E-state index in [2.05, 4.69) is 0 Å². The largest absolute Gasteiger partial charge is 0.488 e. The molecule has 0 radical (unpaired) electrons. The molecule has 190 valence electrons. The molecule has 9 heteroatoms. The summed E-state index contributed by atoms with van der Waals surface area (Å²) in [6.07, 6.45) is -4.21. The maximum Gasteiger partial charge on any atom is 0.401 e. The third-order valence-electron chi connectivity index (χ3n) is 6.41. The van der Waals surface area contributed by atoms with Gasteiger partial charge in [0.2, 0.25) is 0 Å². The molecule has 35 heavy (non-hydrogen) atoms. The first kappa shape index (κ1) is 25.4. The second-order valence-corrected chi connectivity index (χ2v) is 9.59. The number of amides is 1. The van der Waals surface area contributed by atoms with Gasteiger partial charge in [-0.1, -0.05) is 30.3 Å². The minimum absolute atomic E-state index is 0.0847. The van der Waals surface area contributed by atoms with Crippen molar-refractivity contribution in [2.45, 2.75) is 50.7 Å². The lowest BCUT2D eigenvalue weighted by Crippen LogP contribution is -2.59. The van der Waals surface area contributed by atoms with Crippen LogP contribution in [-0.2, 0) is 4.74 Å². The van der Waals surface area contributed by atoms with Gasteiger partial charge in [-0.2, -0.15) is 13.2 Å². The molecule has 2 aliphatic heterocycles. The fourth-order valence-electron chi connectivity index (χ4n) is 4.86. The normalized spacial score (nSPS) is 20.9. The molecule has 2 saturated heterocycles. The standard InChI is InChI=1S/C26H30F4N2O3/c1-18(2)34-22-9-8-20(14-21(22)27)24(33)32-12-10-25(11-13-32)16-31(17-26(28,29)30)15-23(35-25)19-6-4-3-5-7-19/h3-9,14,18,23H,10-13,15-17H2,1-2H3. The van der Waals surface area contributed by atoms with Crippen LogP contribution in [0.3, 0.4) is 0 Å². The number of alkyl halides is 3. The number of hydrogen-bond donors (Lipinski definition) is 0. The molecule has 1 spiro atoms. The summed E-state index contributed by atoms with van der Waals surface area (Å²) in [4.78, 5) is 16.0. The predicted octanol–water partition coefficient (Wildman–Crippen LogP) is 5.22. The Bertz CT molecular complexity index is 1020. The van der Waals surface area contributed by atoms with Crippen molar-refractivity contribution in [3.8, 4) is 5.75 Å². The first-order valence-corrected chi connectivity index (χ1v) is 11.8. The van der Waals surface area contributed by atoms with Crippen LogP contribution in [-0.4, -0.2) is 66.3 Å². The Morgan fingerprint density at radius 2 is 1.83 bits per heavy atom. The average Bonchev–Trinajstić information content (AvgIpc) is 2.79. The van der Waals surface area contributed by atoms with Crippen LogP contribution in [0, 0.1) is 5.82 Å². The monoisotopic (exact) mass is 494 g/mol. The maximum atomic E-state index is 14.4. The van der Waals surface area contributed by atoms with E-state index in [0.29, 0.717) is 25.9 Å². The number of benzene rings is 2. The molecule has 1 atom stereocenters. The lowest BCUT2D eigenvalue weighted by molar-refractivity contribution is -0.205. The Balaban J connectivity index is 1.46. The first-order valence-electron chi connectivity index (χ1n) is 11.8. The fourth-order valence-corrected chi connectivity index (χ4v) is 4.86. The van der Waals surface area contributed by atoms with Gasteiger partial charge < -0.3 is 14.4 Å². The molecular weight excluding hydrogens is 464 g/mol. The zero-order chi connectivity index (χ0) is 25.2. The molecule has 0 aliphatic carbocycles. The molecule has 1 unspecified atom stereocenters. The van der Waals surface area contributed by atoms with E-state index in [4.69, 9.17) is 9.47 Å². The van der Waals surface area contributed by atoms with Crippen LogP contribution >= 0.6 is 0 Å². The van der Waals surface area contributed by atoms with Crippen LogP contribution in [0.15, 0.2) is 48.5 Å². The summed E-state index contributed by atoms with van der Waals surface area (Å²) in [6.45, 7) is 3.49. The number of hydrogen-bond acceptors (Lipinski definition) is 4. The van der Waals surface area contributed by atoms with Crippen molar-refractivity contribution >= 4 is 5.91 Å². The number of ether oxygens (including phenoxy) is 2. The molecular formula is C26H30F4N2O3. The fraction of sp³-hybridized carbons (Fsp3) is 0.500. The van der Waals surface area contributed by atoms with E-state index in [0.717, 1.165) is 11.6 Å². The molecule has 2 fully saturated rings. The summed E-state index contributed by atoms with van der Waals surface area (Å²) in [5.41, 5.74) is 0.248. The van der Waals surface area contributed by atoms with Gasteiger partial charge in [-0.05, 0) is 50.5 Å². The second-order valence-electron chi connectivity index (χ2n) is 9.59. The number of likely N-dealkylation sites (tertiary alicyclic amines) is 1. The molecule has 4 rings (SSSR count). The van der Waals surface area contributed by atoms with E-state index in [9.17, 15) is 22.4 Å². The van der Waals surface area contributed by atoms with Crippen molar-refractivity contribution in [3.63, 3.8) is 0 Å². The van der Waals surface area contributed by atoms with Gasteiger partial charge >= 0.3 is 6.18 Å². The van der Waals surface area contributed by atoms with Crippen LogP contribution in [0.25, 0.3) is 0 Å². The van der Waals surface area contributed by atoms with E-state index in [-0.39, 0.29) is 36.4 Å². The van der Waals surface area contributed by atoms with Crippen molar-refractivity contribution in [2.24, 2.45) is 0 Å². The highest BCUT2D eigenvalue weighted by Crippen LogP contribution is 2.39. The zero-order valence-corrected chi connectivity index (χ0v) is 19.9. The third kappa shape index (κ3) is 6.32. The third-order valence-corrected chi connectivity index (χ3v) is 6.41. The van der Waals surface area contributed by atoms with Crippen molar-refractivity contribution in [2.75, 3.05) is 32.7 Å². The Kier molecular flexibility index (Phi) is 7.38. The lowest BCUT2D eigenvalue weighted by atomic mass is 9.87. The van der Waals surface area contributed by atoms with E-state index in [1.807, 2.05) is 30.3 Å². The first-order chi connectivity index (χ1) is 16.5. The number of piperidine rings is 1. The topological polar surface area (TPSA) is 42.0 Å². The minimum atomic E-state index is -4.31. The Labute approximate surface area is 202 Å². The second kappa shape index (κ2) is 10.1. The molecule has 2 aromatic carbocycles. The summed E-state index contributed by atoms with van der Waals surface area (Å²) in [6, 6.07) is 13.4. The van der Waals surface area contributed by atoms with Crippen LogP contribution in [0.4, 0.5) is 17.6 Å². The minimum Gasteiger partial charge on any atom is -0.488 e. The molecule has 1 amide bonds. The van der Waals surface area contributed by atoms with Crippen LogP contribution < -0.4 is 4.74 Å². The highest BCUT2D eigenvalue weighted by Gasteiger charge is 2.46. The molecule has 0 N–H and O–H groups in total. The summed E-state index contributed by atoms with van der Waals surface area (Å²) < 4.78 is 65.9. The Hall–Kier alpha value is -2.65. The molecule has 0 aromatic heterocycles. The SMILES string of the molecule is CC(C)Oc1ccc(C(=O)N2CCC3(CC2)CN(CC(F)(F)F)CC(c2ccccc2)O3)cc1F. The predicted molar refractivity (Wildman–Crippen MR) is 123 cm³/mol. The van der Waals surface area contributed by atoms with Gasteiger partial charge in [0, 0.05) is 31.7 Å². The van der Waals surface area contributed by atoms with Crippen LogP contribution in [0.1, 0.15) is 48.7 Å². The van der Waals surface area contributed by atoms with E-state index in [1.165, 1.54) is 17.0 Å². The van der Waals surface area contributed by atoms with Crippen LogP contribution in [0.2, 0.25) is 0 Å². The van der Waals surface area contributed by atoms with Crippen molar-refractivity contribution in [1.29, 1.82) is 0 Å². The maximum absolute atomic E-state index is 14.4. The Morgan fingerprint density at radius 1 is 1.14 bits per heavy atom. The summed E-state index contributed by atoms with van der Waals surface area (Å²) >= 11 is 0. The molecule has 0 saturated carbocycles. The molecule has 5 nitrogen and oxygen atoms in total. The summed E-state index contributed by atoms with van der Waals surface area (Å²) in [5.74, 6) is -0.846. The summed E-state index contributed by atoms with van der Waals surface area (Å²) in [5, 5.41) is 0. The van der Waals surface area contributed by atoms with E-state index in [1.54, 1.807) is 18.7 Å². The number of nitrogens with zero attached hydrogens (tertiary/aromatic N) is 2. The van der Waals surface area contributed by atoms with E-state index < -0.39 is 30.2 Å². The van der Waals surface area contributed by atoms with Gasteiger partial charge in [0.15, 0.2) is 11.6 Å². The number of carbonyl (C=O) groups excluding carboxylic acids is 1. The molecule has 2 aliphatic rings. The molecule has 2 aromatic rings. The number of morpholine rings is 1. The smallest absolute Gasteiger partial charge is 0.401 e. The number of rotatable bonds is 5. The van der Waals surface area contributed by atoms with Crippen LogP contribution in [0.5, 0.6) is 5.75 Å². The number of carbonyl (C=O) groups is 1. The summed E-state index contributed by atoms with van der Waals surface area (Å²) in [7, 11) is 0. The quantitative estimate of drug-likeness (QED) is 0.535. The van der Waals surface area contributed by atoms with Gasteiger partial charge in [0.25, 0.3) is 5.91 Å². The van der Waals surface area contributed by atoms with Crippen molar-refractivity contribution < 1.29 is 31.8 Å². The Morgan fingerprint density at radius 3 is 2.43 bits per heavy atom. The zero-order valence-electron chi connectivity index (χ0n) is 19.9. The van der Waals surface area contributed by atoms with Gasteiger partial charge in [0.1, 0.15) is 0 Å². The van der Waals surface area contributed by atoms with Gasteiger partial charge in [-0.3, -0.25) is 9.69 Å². The van der Waals surface area contributed by atoms with Gasteiger partial charge in [0.05, 0.1) is 24.4 Å².